The number of hydrogen-bond acceptors (Lipinski definition) is 7. The Morgan fingerprint density at radius 2 is 1.71 bits per heavy atom. The minimum Gasteiger partial charge on any atom is -0.338 e. The number of aromatic nitrogens is 2. The number of nitrogens with zero attached hydrogens (tertiary/aromatic N) is 4. The zero-order chi connectivity index (χ0) is 27.4. The molecule has 11 heteroatoms. The van der Waals surface area contributed by atoms with Gasteiger partial charge < -0.3 is 26.6 Å². The molecular weight excluding hydrogens is 484 g/mol. The molecule has 4 rings (SSSR count). The summed E-state index contributed by atoms with van der Waals surface area (Å²) in [5.74, 6) is 0.567. The number of amides is 3. The number of rotatable bonds is 6. The molecule has 2 aromatic rings. The van der Waals surface area contributed by atoms with Gasteiger partial charge in [0.25, 0.3) is 0 Å². The van der Waals surface area contributed by atoms with Gasteiger partial charge in [0, 0.05) is 51.0 Å². The van der Waals surface area contributed by atoms with Crippen molar-refractivity contribution in [3.8, 4) is 5.69 Å². The number of urea groups is 1. The number of piperazine rings is 1. The topological polar surface area (TPSA) is 152 Å². The molecule has 1 aromatic heterocycles. The maximum atomic E-state index is 12.7. The van der Waals surface area contributed by atoms with Gasteiger partial charge in [0.1, 0.15) is 5.82 Å². The van der Waals surface area contributed by atoms with E-state index in [1.54, 1.807) is 35.9 Å². The Balaban J connectivity index is 1.29. The molecule has 0 radical (unpaired) electrons. The number of hydrogen-bond donors (Lipinski definition) is 4. The Hall–Kier alpha value is -3.28. The first kappa shape index (κ1) is 27.7. The van der Waals surface area contributed by atoms with Crippen LogP contribution in [0.4, 0.5) is 10.6 Å². The van der Waals surface area contributed by atoms with E-state index in [2.05, 4.69) is 22.5 Å². The Bertz CT molecular complexity index is 1180. The van der Waals surface area contributed by atoms with E-state index in [0.29, 0.717) is 49.9 Å². The van der Waals surface area contributed by atoms with Gasteiger partial charge >= 0.3 is 11.7 Å². The summed E-state index contributed by atoms with van der Waals surface area (Å²) in [6.07, 6.45) is 4.83. The first-order valence-electron chi connectivity index (χ1n) is 13.3. The highest BCUT2D eigenvalue weighted by molar-refractivity contribution is 5.89. The molecular formula is C27H40N8O3. The van der Waals surface area contributed by atoms with Crippen LogP contribution in [0.3, 0.4) is 0 Å². The van der Waals surface area contributed by atoms with E-state index >= 15 is 0 Å². The number of carbonyl (C=O) groups excluding carboxylic acids is 2. The van der Waals surface area contributed by atoms with Crippen LogP contribution < -0.4 is 27.8 Å². The average Bonchev–Trinajstić information content (AvgIpc) is 2.89. The van der Waals surface area contributed by atoms with Crippen LogP contribution >= 0.6 is 0 Å². The summed E-state index contributed by atoms with van der Waals surface area (Å²) in [4.78, 5) is 45.0. The molecule has 0 spiro atoms. The highest BCUT2D eigenvalue weighted by atomic mass is 16.2. The highest BCUT2D eigenvalue weighted by Crippen LogP contribution is 2.23. The highest BCUT2D eigenvalue weighted by Gasteiger charge is 2.31. The van der Waals surface area contributed by atoms with Crippen molar-refractivity contribution < 1.29 is 9.59 Å². The Morgan fingerprint density at radius 1 is 1.05 bits per heavy atom. The number of anilines is 1. The standard InChI is InChI=1S/C27H40N8O3/c1-18-16-20(6-9-22(18)28)30-17-19-4-7-21(8-5-19)35-11-10-23(32-26(35)38)31-25(37)34-14-12-33(13-15-34)24(36)27(2,3)29/h4-5,7-8,10-11,18,20,22,30H,6,9,12-17,28-29H2,1-3H3,(H,31,32,37,38)/t18?,20-,22?/m0/s1. The van der Waals surface area contributed by atoms with Crippen molar-refractivity contribution in [2.45, 2.75) is 64.2 Å². The van der Waals surface area contributed by atoms with Gasteiger partial charge in [-0.15, -0.1) is 0 Å². The van der Waals surface area contributed by atoms with Crippen LogP contribution in [0.25, 0.3) is 5.69 Å². The third kappa shape index (κ3) is 6.77. The van der Waals surface area contributed by atoms with E-state index in [0.717, 1.165) is 31.4 Å². The first-order valence-corrected chi connectivity index (χ1v) is 13.3. The minimum absolute atomic E-state index is 0.142. The fraction of sp³-hybridized carbons (Fsp3) is 0.556. The van der Waals surface area contributed by atoms with Crippen LogP contribution in [0.15, 0.2) is 41.3 Å². The van der Waals surface area contributed by atoms with Gasteiger partial charge in [0.05, 0.1) is 11.2 Å². The van der Waals surface area contributed by atoms with Gasteiger partial charge in [-0.25, -0.2) is 9.59 Å². The molecule has 1 aliphatic heterocycles. The van der Waals surface area contributed by atoms with Crippen molar-refractivity contribution in [2.75, 3.05) is 31.5 Å². The van der Waals surface area contributed by atoms with Crippen LogP contribution in [0.5, 0.6) is 0 Å². The molecule has 206 valence electrons. The lowest BCUT2D eigenvalue weighted by atomic mass is 9.83. The van der Waals surface area contributed by atoms with Crippen LogP contribution in [-0.2, 0) is 11.3 Å². The zero-order valence-corrected chi connectivity index (χ0v) is 22.5. The summed E-state index contributed by atoms with van der Waals surface area (Å²) in [7, 11) is 0. The molecule has 11 nitrogen and oxygen atoms in total. The summed E-state index contributed by atoms with van der Waals surface area (Å²) >= 11 is 0. The molecule has 1 aliphatic carbocycles. The maximum Gasteiger partial charge on any atom is 0.354 e. The van der Waals surface area contributed by atoms with E-state index in [4.69, 9.17) is 11.5 Å². The Labute approximate surface area is 223 Å². The van der Waals surface area contributed by atoms with Gasteiger partial charge in [-0.05, 0) is 62.8 Å². The van der Waals surface area contributed by atoms with Crippen molar-refractivity contribution >= 4 is 17.8 Å². The molecule has 38 heavy (non-hydrogen) atoms. The fourth-order valence-electron chi connectivity index (χ4n) is 5.02. The van der Waals surface area contributed by atoms with E-state index in [1.807, 2.05) is 24.3 Å². The van der Waals surface area contributed by atoms with Crippen molar-refractivity contribution in [3.05, 3.63) is 52.6 Å². The number of nitrogens with two attached hydrogens (primary N) is 2. The van der Waals surface area contributed by atoms with E-state index in [9.17, 15) is 14.4 Å². The maximum absolute atomic E-state index is 12.7. The molecule has 2 unspecified atom stereocenters. The van der Waals surface area contributed by atoms with Crippen molar-refractivity contribution in [3.63, 3.8) is 0 Å². The predicted molar refractivity (Wildman–Crippen MR) is 147 cm³/mol. The van der Waals surface area contributed by atoms with Gasteiger partial charge in [-0.1, -0.05) is 19.1 Å². The molecule has 1 aromatic carbocycles. The zero-order valence-electron chi connectivity index (χ0n) is 22.5. The third-order valence-electron chi connectivity index (χ3n) is 7.49. The predicted octanol–water partition coefficient (Wildman–Crippen LogP) is 1.25. The molecule has 2 fully saturated rings. The SMILES string of the molecule is CC1C[C@@H](NCc2ccc(-n3ccc(NC(=O)N4CCN(C(=O)C(C)(C)N)CC4)nc3=O)cc2)CCC1N. The molecule has 0 bridgehead atoms. The normalized spacial score (nSPS) is 22.3. The molecule has 2 aliphatic rings. The summed E-state index contributed by atoms with van der Waals surface area (Å²) in [5, 5.41) is 6.31. The summed E-state index contributed by atoms with van der Waals surface area (Å²) < 4.78 is 1.44. The third-order valence-corrected chi connectivity index (χ3v) is 7.49. The second kappa shape index (κ2) is 11.6. The quantitative estimate of drug-likeness (QED) is 0.444. The lowest BCUT2D eigenvalue weighted by Gasteiger charge is -2.37. The molecule has 3 atom stereocenters. The largest absolute Gasteiger partial charge is 0.354 e. The summed E-state index contributed by atoms with van der Waals surface area (Å²) in [6, 6.07) is 9.79. The monoisotopic (exact) mass is 524 g/mol. The van der Waals surface area contributed by atoms with Crippen LogP contribution in [0, 0.1) is 5.92 Å². The number of benzene rings is 1. The smallest absolute Gasteiger partial charge is 0.338 e. The van der Waals surface area contributed by atoms with E-state index < -0.39 is 11.2 Å². The summed E-state index contributed by atoms with van der Waals surface area (Å²) in [6.45, 7) is 7.87. The second-order valence-corrected chi connectivity index (χ2v) is 11.1. The van der Waals surface area contributed by atoms with Crippen molar-refractivity contribution in [1.82, 2.24) is 24.7 Å². The number of carbonyl (C=O) groups is 2. The van der Waals surface area contributed by atoms with Crippen molar-refractivity contribution in [1.29, 1.82) is 0 Å². The molecule has 3 amide bonds. The van der Waals surface area contributed by atoms with Gasteiger partial charge in [0.15, 0.2) is 0 Å². The van der Waals surface area contributed by atoms with E-state index in [1.165, 1.54) is 4.57 Å². The Morgan fingerprint density at radius 3 is 2.32 bits per heavy atom. The molecule has 1 saturated carbocycles. The van der Waals surface area contributed by atoms with Crippen LogP contribution in [-0.4, -0.2) is 75.1 Å². The van der Waals surface area contributed by atoms with Crippen LogP contribution in [0.2, 0.25) is 0 Å². The Kier molecular flexibility index (Phi) is 8.49. The van der Waals surface area contributed by atoms with Crippen molar-refractivity contribution in [2.24, 2.45) is 17.4 Å². The number of nitrogens with one attached hydrogen (secondary N) is 2. The minimum atomic E-state index is -0.946. The fourth-order valence-corrected chi connectivity index (χ4v) is 5.02. The second-order valence-electron chi connectivity index (χ2n) is 11.1. The van der Waals surface area contributed by atoms with Gasteiger partial charge in [0.2, 0.25) is 5.91 Å². The molecule has 1 saturated heterocycles. The average molecular weight is 525 g/mol. The van der Waals surface area contributed by atoms with Crippen LogP contribution in [0.1, 0.15) is 45.6 Å². The molecule has 6 N–H and O–H groups in total. The molecule has 2 heterocycles. The van der Waals surface area contributed by atoms with E-state index in [-0.39, 0.29) is 17.8 Å². The lowest BCUT2D eigenvalue weighted by molar-refractivity contribution is -0.137. The lowest BCUT2D eigenvalue weighted by Crippen LogP contribution is -2.58. The van der Waals surface area contributed by atoms with Gasteiger partial charge in [-0.3, -0.25) is 14.7 Å². The van der Waals surface area contributed by atoms with Gasteiger partial charge in [-0.2, -0.15) is 4.98 Å². The summed E-state index contributed by atoms with van der Waals surface area (Å²) in [5.41, 5.74) is 12.4. The first-order chi connectivity index (χ1) is 18.0.